The van der Waals surface area contributed by atoms with Gasteiger partial charge in [-0.05, 0) is 69.8 Å². The molecule has 2 N–H and O–H groups in total. The molecule has 1 fully saturated rings. The van der Waals surface area contributed by atoms with Crippen molar-refractivity contribution in [3.63, 3.8) is 0 Å². The van der Waals surface area contributed by atoms with Gasteiger partial charge >= 0.3 is 5.97 Å². The summed E-state index contributed by atoms with van der Waals surface area (Å²) < 4.78 is 11.9. The standard InChI is InChI=1S/C27H35NO4.ClH/c1-17(8-7-11-20-9-5-4-6-10-20)31-22-15-25-27(26(16-22)32-19(3)29)24-14-21(30)12-13-23(24)18(2)28-25;/h4-6,9-10,15-18,21,23-24,28,30H,7-8,11-14H2,1-3H3;1H. The molecule has 5 atom stereocenters. The largest absolute Gasteiger partial charge is 0.491 e. The van der Waals surface area contributed by atoms with Crippen LogP contribution in [-0.2, 0) is 11.2 Å². The van der Waals surface area contributed by atoms with Gasteiger partial charge in [0.1, 0.15) is 11.5 Å². The van der Waals surface area contributed by atoms with Crippen molar-refractivity contribution in [1.29, 1.82) is 0 Å². The van der Waals surface area contributed by atoms with E-state index in [1.54, 1.807) is 0 Å². The lowest BCUT2D eigenvalue weighted by Gasteiger charge is -2.44. The lowest BCUT2D eigenvalue weighted by molar-refractivity contribution is -0.131. The molecule has 0 aromatic heterocycles. The van der Waals surface area contributed by atoms with E-state index in [0.29, 0.717) is 29.9 Å². The highest BCUT2D eigenvalue weighted by atomic mass is 35.5. The van der Waals surface area contributed by atoms with Crippen LogP contribution in [0.2, 0.25) is 0 Å². The number of aliphatic hydroxyl groups is 1. The van der Waals surface area contributed by atoms with Crippen LogP contribution in [0.25, 0.3) is 0 Å². The number of benzene rings is 2. The lowest BCUT2D eigenvalue weighted by atomic mass is 9.68. The molecule has 1 aliphatic heterocycles. The fourth-order valence-electron chi connectivity index (χ4n) is 5.39. The molecule has 2 aromatic carbocycles. The normalized spacial score (nSPS) is 24.4. The topological polar surface area (TPSA) is 67.8 Å². The Morgan fingerprint density at radius 2 is 1.97 bits per heavy atom. The van der Waals surface area contributed by atoms with Gasteiger partial charge in [-0.2, -0.15) is 0 Å². The van der Waals surface area contributed by atoms with Gasteiger partial charge in [0.25, 0.3) is 0 Å². The van der Waals surface area contributed by atoms with Crippen molar-refractivity contribution in [1.82, 2.24) is 0 Å². The van der Waals surface area contributed by atoms with Crippen LogP contribution < -0.4 is 14.8 Å². The van der Waals surface area contributed by atoms with Gasteiger partial charge in [-0.15, -0.1) is 12.4 Å². The molecule has 1 saturated carbocycles. The third-order valence-electron chi connectivity index (χ3n) is 6.90. The molecule has 1 heterocycles. The maximum atomic E-state index is 11.9. The molecular weight excluding hydrogens is 438 g/mol. The number of ether oxygens (including phenoxy) is 2. The van der Waals surface area contributed by atoms with Crippen LogP contribution in [0.4, 0.5) is 5.69 Å². The molecule has 2 aromatic rings. The first-order valence-corrected chi connectivity index (χ1v) is 11.9. The monoisotopic (exact) mass is 473 g/mol. The SMILES string of the molecule is CC(=O)Oc1cc(OC(C)CCCc2ccccc2)cc2c1C1CC(O)CCC1C(C)N2.Cl. The molecule has 33 heavy (non-hydrogen) atoms. The maximum Gasteiger partial charge on any atom is 0.308 e. The number of carbonyl (C=O) groups is 1. The van der Waals surface area contributed by atoms with E-state index in [9.17, 15) is 9.90 Å². The zero-order valence-electron chi connectivity index (χ0n) is 19.8. The number of nitrogens with one attached hydrogen (secondary N) is 1. The third kappa shape index (κ3) is 6.21. The van der Waals surface area contributed by atoms with Crippen LogP contribution in [0, 0.1) is 5.92 Å². The quantitative estimate of drug-likeness (QED) is 0.388. The minimum Gasteiger partial charge on any atom is -0.491 e. The Labute approximate surface area is 203 Å². The van der Waals surface area contributed by atoms with Crippen molar-refractivity contribution in [2.24, 2.45) is 5.92 Å². The van der Waals surface area contributed by atoms with Crippen molar-refractivity contribution >= 4 is 24.1 Å². The highest BCUT2D eigenvalue weighted by molar-refractivity contribution is 5.85. The zero-order valence-corrected chi connectivity index (χ0v) is 20.6. The van der Waals surface area contributed by atoms with Gasteiger partial charge in [-0.3, -0.25) is 4.79 Å². The smallest absolute Gasteiger partial charge is 0.308 e. The van der Waals surface area contributed by atoms with E-state index in [0.717, 1.165) is 43.4 Å². The summed E-state index contributed by atoms with van der Waals surface area (Å²) in [6.45, 7) is 5.71. The summed E-state index contributed by atoms with van der Waals surface area (Å²) in [6, 6.07) is 14.7. The first-order chi connectivity index (χ1) is 15.4. The molecule has 1 aliphatic carbocycles. The first kappa shape index (κ1) is 25.4. The summed E-state index contributed by atoms with van der Waals surface area (Å²) in [6.07, 6.45) is 5.25. The van der Waals surface area contributed by atoms with Gasteiger partial charge in [0.2, 0.25) is 0 Å². The molecule has 0 bridgehead atoms. The van der Waals surface area contributed by atoms with Crippen LogP contribution in [0.3, 0.4) is 0 Å². The molecule has 2 aliphatic rings. The molecule has 6 heteroatoms. The van der Waals surface area contributed by atoms with E-state index in [4.69, 9.17) is 9.47 Å². The van der Waals surface area contributed by atoms with E-state index in [1.807, 2.05) is 18.2 Å². The van der Waals surface area contributed by atoms with Gasteiger partial charge in [-0.25, -0.2) is 0 Å². The highest BCUT2D eigenvalue weighted by Gasteiger charge is 2.41. The molecule has 0 saturated heterocycles. The number of hydrogen-bond acceptors (Lipinski definition) is 5. The Kier molecular flexibility index (Phi) is 8.66. The Balaban J connectivity index is 0.00000306. The number of fused-ring (bicyclic) bond motifs is 3. The van der Waals surface area contributed by atoms with Crippen molar-refractivity contribution in [2.75, 3.05) is 5.32 Å². The Hall–Kier alpha value is -2.24. The average molecular weight is 474 g/mol. The summed E-state index contributed by atoms with van der Waals surface area (Å²) in [5, 5.41) is 13.9. The number of aliphatic hydroxyl groups excluding tert-OH is 1. The van der Waals surface area contributed by atoms with Crippen LogP contribution >= 0.6 is 12.4 Å². The highest BCUT2D eigenvalue weighted by Crippen LogP contribution is 2.51. The number of carbonyl (C=O) groups excluding carboxylic acids is 1. The average Bonchev–Trinajstić information content (AvgIpc) is 2.73. The predicted molar refractivity (Wildman–Crippen MR) is 134 cm³/mol. The summed E-state index contributed by atoms with van der Waals surface area (Å²) in [5.41, 5.74) is 3.30. The van der Waals surface area contributed by atoms with E-state index >= 15 is 0 Å². The van der Waals surface area contributed by atoms with Crippen LogP contribution in [0.5, 0.6) is 11.5 Å². The predicted octanol–water partition coefficient (Wildman–Crippen LogP) is 5.88. The fourth-order valence-corrected chi connectivity index (χ4v) is 5.39. The summed E-state index contributed by atoms with van der Waals surface area (Å²) in [5.74, 6) is 1.53. The van der Waals surface area contributed by atoms with Gasteiger partial charge in [-0.1, -0.05) is 30.3 Å². The summed E-state index contributed by atoms with van der Waals surface area (Å²) >= 11 is 0. The van der Waals surface area contributed by atoms with E-state index in [2.05, 4.69) is 43.4 Å². The number of halogens is 1. The molecule has 180 valence electrons. The molecule has 0 spiro atoms. The van der Waals surface area contributed by atoms with Crippen molar-refractivity contribution < 1.29 is 19.4 Å². The molecule has 0 radical (unpaired) electrons. The zero-order chi connectivity index (χ0) is 22.7. The number of hydrogen-bond donors (Lipinski definition) is 2. The van der Waals surface area contributed by atoms with Crippen molar-refractivity contribution in [2.45, 2.75) is 83.5 Å². The van der Waals surface area contributed by atoms with E-state index < -0.39 is 0 Å². The number of aryl methyl sites for hydroxylation is 1. The fraction of sp³-hybridized carbons (Fsp3) is 0.519. The minimum absolute atomic E-state index is 0. The molecule has 0 amide bonds. The van der Waals surface area contributed by atoms with Crippen LogP contribution in [0.1, 0.15) is 69.9 Å². The van der Waals surface area contributed by atoms with Crippen LogP contribution in [-0.4, -0.2) is 29.3 Å². The molecule has 4 rings (SSSR count). The number of esters is 1. The minimum atomic E-state index is -0.341. The van der Waals surface area contributed by atoms with Gasteiger partial charge in [0.05, 0.1) is 12.2 Å². The Bertz CT molecular complexity index is 935. The van der Waals surface area contributed by atoms with Crippen LogP contribution in [0.15, 0.2) is 42.5 Å². The van der Waals surface area contributed by atoms with E-state index in [-0.39, 0.29) is 36.5 Å². The second-order valence-electron chi connectivity index (χ2n) is 9.45. The number of anilines is 1. The lowest BCUT2D eigenvalue weighted by Crippen LogP contribution is -2.40. The van der Waals surface area contributed by atoms with Gasteiger partial charge in [0, 0.05) is 36.3 Å². The third-order valence-corrected chi connectivity index (χ3v) is 6.90. The van der Waals surface area contributed by atoms with E-state index in [1.165, 1.54) is 12.5 Å². The second-order valence-corrected chi connectivity index (χ2v) is 9.45. The van der Waals surface area contributed by atoms with Crippen molar-refractivity contribution in [3.8, 4) is 11.5 Å². The molecular formula is C27H36ClNO4. The molecule has 5 nitrogen and oxygen atoms in total. The second kappa shape index (κ2) is 11.3. The Morgan fingerprint density at radius 3 is 2.70 bits per heavy atom. The summed E-state index contributed by atoms with van der Waals surface area (Å²) in [7, 11) is 0. The van der Waals surface area contributed by atoms with Crippen molar-refractivity contribution in [3.05, 3.63) is 53.6 Å². The maximum absolute atomic E-state index is 11.9. The van der Waals surface area contributed by atoms with Gasteiger partial charge < -0.3 is 19.9 Å². The Morgan fingerprint density at radius 1 is 1.21 bits per heavy atom. The molecule has 5 unspecified atom stereocenters. The summed E-state index contributed by atoms with van der Waals surface area (Å²) in [4.78, 5) is 11.9. The van der Waals surface area contributed by atoms with Gasteiger partial charge in [0.15, 0.2) is 0 Å². The first-order valence-electron chi connectivity index (χ1n) is 11.9. The number of rotatable bonds is 7.